The lowest BCUT2D eigenvalue weighted by Gasteiger charge is -2.40. The summed E-state index contributed by atoms with van der Waals surface area (Å²) >= 11 is 0. The molecule has 2 aromatic heterocycles. The molecule has 1 amide bonds. The van der Waals surface area contributed by atoms with Gasteiger partial charge in [0.1, 0.15) is 18.0 Å². The molecule has 2 fully saturated rings. The molecule has 156 valence electrons. The summed E-state index contributed by atoms with van der Waals surface area (Å²) in [6.45, 7) is 2.95. The summed E-state index contributed by atoms with van der Waals surface area (Å²) in [6, 6.07) is 8.77. The van der Waals surface area contributed by atoms with E-state index in [0.717, 1.165) is 32.0 Å². The van der Waals surface area contributed by atoms with Gasteiger partial charge in [0, 0.05) is 38.9 Å². The number of hydrogen-bond donors (Lipinski definition) is 3. The number of anilines is 1. The smallest absolute Gasteiger partial charge is 0.287 e. The van der Waals surface area contributed by atoms with Crippen LogP contribution in [0.2, 0.25) is 0 Å². The minimum Gasteiger partial charge on any atom is -0.459 e. The van der Waals surface area contributed by atoms with Crippen LogP contribution in [0, 0.1) is 0 Å². The molecular formula is C20H26N4O5. The minimum atomic E-state index is -0.827. The molecule has 4 atom stereocenters. The van der Waals surface area contributed by atoms with Crippen molar-refractivity contribution in [2.24, 2.45) is 0 Å². The molecule has 0 saturated carbocycles. The Labute approximate surface area is 168 Å². The Morgan fingerprint density at radius 1 is 1.17 bits per heavy atom. The molecule has 2 aliphatic heterocycles. The van der Waals surface area contributed by atoms with E-state index < -0.39 is 18.3 Å². The Balaban J connectivity index is 1.39. The van der Waals surface area contributed by atoms with Crippen molar-refractivity contribution in [1.82, 2.24) is 15.2 Å². The molecular weight excluding hydrogens is 376 g/mol. The fourth-order valence-electron chi connectivity index (χ4n) is 4.07. The van der Waals surface area contributed by atoms with E-state index in [1.54, 1.807) is 18.3 Å². The van der Waals surface area contributed by atoms with Crippen LogP contribution in [0.1, 0.15) is 10.6 Å². The van der Waals surface area contributed by atoms with Gasteiger partial charge in [0.2, 0.25) is 0 Å². The number of aliphatic hydroxyl groups excluding tert-OH is 2. The fourth-order valence-corrected chi connectivity index (χ4v) is 4.07. The highest BCUT2D eigenvalue weighted by atomic mass is 16.5. The molecule has 0 radical (unpaired) electrons. The van der Waals surface area contributed by atoms with E-state index in [0.29, 0.717) is 0 Å². The number of carbonyl (C=O) groups excluding carboxylic acids is 1. The highest BCUT2D eigenvalue weighted by Crippen LogP contribution is 2.27. The number of piperazine rings is 1. The molecule has 2 aromatic rings. The van der Waals surface area contributed by atoms with Crippen LogP contribution in [0.3, 0.4) is 0 Å². The Morgan fingerprint density at radius 3 is 2.66 bits per heavy atom. The molecule has 0 spiro atoms. The number of hydrogen-bond acceptors (Lipinski definition) is 8. The number of ether oxygens (including phenoxy) is 1. The second-order valence-corrected chi connectivity index (χ2v) is 7.28. The predicted molar refractivity (Wildman–Crippen MR) is 105 cm³/mol. The predicted octanol–water partition coefficient (Wildman–Crippen LogP) is -0.284. The number of nitrogens with one attached hydrogen (secondary N) is 1. The SMILES string of the molecule is O=C(NC[C@H]1O[C@@H](CO)[C@@H](O)[C@H]1N1CCN(c2ccccn2)CC1)c1ccco1. The Morgan fingerprint density at radius 2 is 2.00 bits per heavy atom. The normalized spacial score (nSPS) is 27.9. The average molecular weight is 402 g/mol. The topological polar surface area (TPSA) is 111 Å². The maximum Gasteiger partial charge on any atom is 0.287 e. The molecule has 29 heavy (non-hydrogen) atoms. The zero-order chi connectivity index (χ0) is 20.2. The number of furan rings is 1. The number of aromatic nitrogens is 1. The van der Waals surface area contributed by atoms with E-state index in [2.05, 4.69) is 20.1 Å². The molecule has 0 bridgehead atoms. The first-order valence-electron chi connectivity index (χ1n) is 9.83. The van der Waals surface area contributed by atoms with Gasteiger partial charge in [0.05, 0.1) is 25.0 Å². The van der Waals surface area contributed by atoms with Crippen molar-refractivity contribution in [1.29, 1.82) is 0 Å². The average Bonchev–Trinajstić information content (AvgIpc) is 3.41. The van der Waals surface area contributed by atoms with Crippen LogP contribution in [-0.4, -0.2) is 89.7 Å². The molecule has 0 aromatic carbocycles. The first-order valence-corrected chi connectivity index (χ1v) is 9.83. The second-order valence-electron chi connectivity index (χ2n) is 7.28. The molecule has 3 N–H and O–H groups in total. The number of carbonyl (C=O) groups is 1. The molecule has 0 aliphatic carbocycles. The third-order valence-electron chi connectivity index (χ3n) is 5.56. The van der Waals surface area contributed by atoms with E-state index in [1.807, 2.05) is 18.2 Å². The molecule has 2 aliphatic rings. The van der Waals surface area contributed by atoms with Crippen LogP contribution < -0.4 is 10.2 Å². The van der Waals surface area contributed by atoms with Crippen LogP contribution in [0.5, 0.6) is 0 Å². The van der Waals surface area contributed by atoms with E-state index in [4.69, 9.17) is 9.15 Å². The number of pyridine rings is 1. The van der Waals surface area contributed by atoms with Gasteiger partial charge in [-0.15, -0.1) is 0 Å². The standard InChI is InChI=1S/C20H26N4O5/c25-13-16-19(26)18(15(29-16)12-22-20(27)14-4-3-11-28-14)24-9-7-23(8-10-24)17-5-1-2-6-21-17/h1-6,11,15-16,18-19,25-26H,7-10,12-13H2,(H,22,27)/t15-,16+,18+,19-/m1/s1. The molecule has 4 rings (SSSR count). The monoisotopic (exact) mass is 402 g/mol. The van der Waals surface area contributed by atoms with Crippen molar-refractivity contribution < 1.29 is 24.2 Å². The van der Waals surface area contributed by atoms with Crippen molar-refractivity contribution >= 4 is 11.7 Å². The molecule has 2 saturated heterocycles. The number of aliphatic hydroxyl groups is 2. The number of nitrogens with zero attached hydrogens (tertiary/aromatic N) is 3. The lowest BCUT2D eigenvalue weighted by Crippen LogP contribution is -2.57. The van der Waals surface area contributed by atoms with Crippen molar-refractivity contribution in [2.45, 2.75) is 24.4 Å². The second kappa shape index (κ2) is 8.91. The van der Waals surface area contributed by atoms with Gasteiger partial charge in [-0.1, -0.05) is 6.07 Å². The van der Waals surface area contributed by atoms with Crippen molar-refractivity contribution in [3.8, 4) is 0 Å². The number of rotatable bonds is 6. The molecule has 4 heterocycles. The highest BCUT2D eigenvalue weighted by Gasteiger charge is 2.46. The van der Waals surface area contributed by atoms with Gasteiger partial charge in [0.25, 0.3) is 5.91 Å². The maximum atomic E-state index is 12.2. The van der Waals surface area contributed by atoms with Crippen LogP contribution >= 0.6 is 0 Å². The van der Waals surface area contributed by atoms with Gasteiger partial charge in [-0.05, 0) is 24.3 Å². The van der Waals surface area contributed by atoms with E-state index in [-0.39, 0.29) is 30.9 Å². The van der Waals surface area contributed by atoms with Crippen molar-refractivity contribution in [3.05, 3.63) is 48.6 Å². The lowest BCUT2D eigenvalue weighted by molar-refractivity contribution is -0.0209. The zero-order valence-corrected chi connectivity index (χ0v) is 16.1. The van der Waals surface area contributed by atoms with Gasteiger partial charge in [-0.2, -0.15) is 0 Å². The first-order chi connectivity index (χ1) is 14.2. The summed E-state index contributed by atoms with van der Waals surface area (Å²) in [5.41, 5.74) is 0. The largest absolute Gasteiger partial charge is 0.459 e. The van der Waals surface area contributed by atoms with Gasteiger partial charge in [-0.3, -0.25) is 9.69 Å². The highest BCUT2D eigenvalue weighted by molar-refractivity contribution is 5.91. The lowest BCUT2D eigenvalue weighted by atomic mass is 10.0. The van der Waals surface area contributed by atoms with E-state index in [9.17, 15) is 15.0 Å². The summed E-state index contributed by atoms with van der Waals surface area (Å²) < 4.78 is 11.0. The minimum absolute atomic E-state index is 0.220. The molecule has 0 unspecified atom stereocenters. The summed E-state index contributed by atoms with van der Waals surface area (Å²) in [4.78, 5) is 21.0. The first kappa shape index (κ1) is 19.8. The van der Waals surface area contributed by atoms with Gasteiger partial charge >= 0.3 is 0 Å². The fraction of sp³-hybridized carbons (Fsp3) is 0.500. The third kappa shape index (κ3) is 4.27. The van der Waals surface area contributed by atoms with E-state index in [1.165, 1.54) is 6.26 Å². The maximum absolute atomic E-state index is 12.2. The quantitative estimate of drug-likeness (QED) is 0.605. The van der Waals surface area contributed by atoms with Crippen molar-refractivity contribution in [2.75, 3.05) is 44.2 Å². The Kier molecular flexibility index (Phi) is 6.10. The van der Waals surface area contributed by atoms with Crippen LogP contribution in [0.4, 0.5) is 5.82 Å². The summed E-state index contributed by atoms with van der Waals surface area (Å²) in [6.07, 6.45) is 1.30. The Bertz CT molecular complexity index is 779. The van der Waals surface area contributed by atoms with Crippen LogP contribution in [0.15, 0.2) is 47.2 Å². The third-order valence-corrected chi connectivity index (χ3v) is 5.56. The number of amides is 1. The van der Waals surface area contributed by atoms with Gasteiger partial charge in [0.15, 0.2) is 5.76 Å². The Hall–Kier alpha value is -2.46. The van der Waals surface area contributed by atoms with Gasteiger partial charge in [-0.25, -0.2) is 4.98 Å². The summed E-state index contributed by atoms with van der Waals surface area (Å²) in [7, 11) is 0. The molecule has 9 nitrogen and oxygen atoms in total. The van der Waals surface area contributed by atoms with Crippen molar-refractivity contribution in [3.63, 3.8) is 0 Å². The summed E-state index contributed by atoms with van der Waals surface area (Å²) in [5, 5.41) is 23.1. The van der Waals surface area contributed by atoms with E-state index >= 15 is 0 Å². The summed E-state index contributed by atoms with van der Waals surface area (Å²) in [5.74, 6) is 0.827. The molecule has 9 heteroatoms. The van der Waals surface area contributed by atoms with Crippen LogP contribution in [-0.2, 0) is 4.74 Å². The van der Waals surface area contributed by atoms with Crippen LogP contribution in [0.25, 0.3) is 0 Å². The van der Waals surface area contributed by atoms with Gasteiger partial charge < -0.3 is 29.6 Å². The zero-order valence-electron chi connectivity index (χ0n) is 16.1.